The van der Waals surface area contributed by atoms with E-state index >= 15 is 0 Å². The fourth-order valence-electron chi connectivity index (χ4n) is 5.11. The molecule has 1 aliphatic carbocycles. The molecule has 2 N–H and O–H groups in total. The van der Waals surface area contributed by atoms with Gasteiger partial charge in [0.2, 0.25) is 5.91 Å². The first-order valence-electron chi connectivity index (χ1n) is 14.1. The Labute approximate surface area is 246 Å². The van der Waals surface area contributed by atoms with Crippen molar-refractivity contribution in [1.29, 1.82) is 0 Å². The van der Waals surface area contributed by atoms with Crippen molar-refractivity contribution < 1.29 is 23.9 Å². The molecule has 0 fully saturated rings. The van der Waals surface area contributed by atoms with Gasteiger partial charge >= 0.3 is 12.1 Å². The monoisotopic (exact) mass is 579 g/mol. The van der Waals surface area contributed by atoms with Crippen molar-refractivity contribution in [1.82, 2.24) is 15.6 Å². The van der Waals surface area contributed by atoms with Crippen molar-refractivity contribution in [2.75, 3.05) is 6.54 Å². The molecule has 8 nitrogen and oxygen atoms in total. The van der Waals surface area contributed by atoms with Gasteiger partial charge in [0.15, 0.2) is 0 Å². The summed E-state index contributed by atoms with van der Waals surface area (Å²) in [4.78, 5) is 43.1. The minimum absolute atomic E-state index is 0.0246. The zero-order valence-electron chi connectivity index (χ0n) is 24.9. The van der Waals surface area contributed by atoms with Gasteiger partial charge in [0.1, 0.15) is 16.2 Å². The number of amides is 2. The van der Waals surface area contributed by atoms with E-state index in [9.17, 15) is 14.4 Å². The number of hydrogen-bond acceptors (Lipinski definition) is 7. The number of alkyl carbamates (subject to hydrolysis) is 1. The van der Waals surface area contributed by atoms with Crippen LogP contribution in [-0.4, -0.2) is 40.7 Å². The number of nitrogens with one attached hydrogen (secondary N) is 2. The number of thiazole rings is 1. The molecule has 0 unspecified atom stereocenters. The number of fused-ring (bicyclic) bond motifs is 2. The number of aryl methyl sites for hydroxylation is 1. The van der Waals surface area contributed by atoms with E-state index in [2.05, 4.69) is 22.8 Å². The molecule has 0 saturated heterocycles. The second-order valence-corrected chi connectivity index (χ2v) is 13.9. The summed E-state index contributed by atoms with van der Waals surface area (Å²) in [5.74, 6) is -0.522. The molecule has 4 rings (SSSR count). The molecule has 0 radical (unpaired) electrons. The number of carbonyl (C=O) groups excluding carboxylic acids is 3. The standard InChI is InChI=1S/C32H41N3O5S/c1-30(2,3)39-27(36)19-32(17-22-11-7-8-12-23(22)18-32)28(37)34-20-26-35-24-16-21(13-14-25(24)41-26)10-9-15-33-29(38)40-31(4,5)6/h7-8,11-14,16H,9-10,15,17-20H2,1-6H3,(H,33,38)(H,34,37). The highest BCUT2D eigenvalue weighted by molar-refractivity contribution is 7.18. The van der Waals surface area contributed by atoms with Crippen LogP contribution in [0.4, 0.5) is 4.79 Å². The summed E-state index contributed by atoms with van der Waals surface area (Å²) in [7, 11) is 0. The van der Waals surface area contributed by atoms with Gasteiger partial charge in [0.25, 0.3) is 0 Å². The number of benzene rings is 2. The van der Waals surface area contributed by atoms with Crippen LogP contribution in [0.2, 0.25) is 0 Å². The average Bonchev–Trinajstić information content (AvgIpc) is 3.43. The number of nitrogens with zero attached hydrogens (tertiary/aromatic N) is 1. The number of carbonyl (C=O) groups is 3. The molecule has 0 bridgehead atoms. The van der Waals surface area contributed by atoms with Gasteiger partial charge < -0.3 is 20.1 Å². The van der Waals surface area contributed by atoms with Gasteiger partial charge in [-0.25, -0.2) is 9.78 Å². The smallest absolute Gasteiger partial charge is 0.407 e. The van der Waals surface area contributed by atoms with E-state index in [0.717, 1.165) is 44.8 Å². The quantitative estimate of drug-likeness (QED) is 0.242. The van der Waals surface area contributed by atoms with Gasteiger partial charge in [0, 0.05) is 6.54 Å². The highest BCUT2D eigenvalue weighted by Gasteiger charge is 2.46. The van der Waals surface area contributed by atoms with E-state index in [-0.39, 0.29) is 18.3 Å². The van der Waals surface area contributed by atoms with Crippen LogP contribution in [-0.2, 0) is 44.9 Å². The number of esters is 1. The topological polar surface area (TPSA) is 107 Å². The van der Waals surface area contributed by atoms with Crippen LogP contribution in [0.15, 0.2) is 42.5 Å². The Bertz CT molecular complexity index is 1390. The third-order valence-electron chi connectivity index (χ3n) is 6.77. The van der Waals surface area contributed by atoms with Crippen LogP contribution in [0.3, 0.4) is 0 Å². The summed E-state index contributed by atoms with van der Waals surface area (Å²) in [5.41, 5.74) is 2.19. The van der Waals surface area contributed by atoms with E-state index in [4.69, 9.17) is 14.5 Å². The molecule has 0 atom stereocenters. The Morgan fingerprint density at radius 1 is 0.927 bits per heavy atom. The Kier molecular flexibility index (Phi) is 9.07. The van der Waals surface area contributed by atoms with Crippen molar-refractivity contribution in [3.05, 3.63) is 64.2 Å². The Balaban J connectivity index is 1.37. The lowest BCUT2D eigenvalue weighted by Gasteiger charge is -2.28. The highest BCUT2D eigenvalue weighted by atomic mass is 32.1. The molecule has 1 aliphatic rings. The molecule has 1 aromatic heterocycles. The predicted octanol–water partition coefficient (Wildman–Crippen LogP) is 5.89. The second kappa shape index (κ2) is 12.2. The van der Waals surface area contributed by atoms with Crippen LogP contribution in [0.1, 0.15) is 76.1 Å². The summed E-state index contributed by atoms with van der Waals surface area (Å²) >= 11 is 1.55. The summed E-state index contributed by atoms with van der Waals surface area (Å²) < 4.78 is 11.9. The molecule has 220 valence electrons. The summed E-state index contributed by atoms with van der Waals surface area (Å²) in [6.07, 6.45) is 2.19. The predicted molar refractivity (Wildman–Crippen MR) is 161 cm³/mol. The lowest BCUT2D eigenvalue weighted by molar-refractivity contribution is -0.160. The summed E-state index contributed by atoms with van der Waals surface area (Å²) in [5, 5.41) is 6.67. The van der Waals surface area contributed by atoms with Gasteiger partial charge in [-0.05, 0) is 96.0 Å². The lowest BCUT2D eigenvalue weighted by Crippen LogP contribution is -2.44. The normalized spacial score (nSPS) is 14.4. The molecule has 1 heterocycles. The molecule has 2 amide bonds. The molecule has 0 aliphatic heterocycles. The van der Waals surface area contributed by atoms with Crippen LogP contribution in [0.25, 0.3) is 10.2 Å². The van der Waals surface area contributed by atoms with E-state index in [1.54, 1.807) is 11.3 Å². The van der Waals surface area contributed by atoms with Crippen LogP contribution < -0.4 is 10.6 Å². The first-order chi connectivity index (χ1) is 19.2. The fourth-order valence-corrected chi connectivity index (χ4v) is 5.99. The maximum absolute atomic E-state index is 13.7. The SMILES string of the molecule is CC(C)(C)OC(=O)CC1(C(=O)NCc2nc3cc(CCCNC(=O)OC(C)(C)C)ccc3s2)Cc2ccccc2C1. The molecule has 41 heavy (non-hydrogen) atoms. The number of ether oxygens (including phenoxy) is 2. The van der Waals surface area contributed by atoms with E-state index < -0.39 is 22.7 Å². The van der Waals surface area contributed by atoms with Gasteiger partial charge in [-0.3, -0.25) is 9.59 Å². The van der Waals surface area contributed by atoms with Crippen molar-refractivity contribution >= 4 is 39.5 Å². The molecule has 3 aromatic rings. The fraction of sp³-hybridized carbons (Fsp3) is 0.500. The Hall–Kier alpha value is -3.46. The van der Waals surface area contributed by atoms with Crippen LogP contribution >= 0.6 is 11.3 Å². The zero-order chi connectivity index (χ0) is 29.8. The second-order valence-electron chi connectivity index (χ2n) is 12.8. The minimum atomic E-state index is -0.886. The molecule has 2 aromatic carbocycles. The minimum Gasteiger partial charge on any atom is -0.460 e. The third-order valence-corrected chi connectivity index (χ3v) is 7.80. The van der Waals surface area contributed by atoms with Gasteiger partial charge in [-0.2, -0.15) is 0 Å². The van der Waals surface area contributed by atoms with E-state index in [1.807, 2.05) is 71.9 Å². The molecule has 9 heteroatoms. The third kappa shape index (κ3) is 8.52. The summed E-state index contributed by atoms with van der Waals surface area (Å²) in [6.45, 7) is 11.8. The maximum Gasteiger partial charge on any atom is 0.407 e. The van der Waals surface area contributed by atoms with Crippen molar-refractivity contribution in [2.45, 2.75) is 91.4 Å². The molecule has 0 saturated carbocycles. The first-order valence-corrected chi connectivity index (χ1v) is 15.0. The molecular formula is C32H41N3O5S. The van der Waals surface area contributed by atoms with Gasteiger partial charge in [0.05, 0.1) is 28.6 Å². The van der Waals surface area contributed by atoms with Crippen molar-refractivity contribution in [2.24, 2.45) is 5.41 Å². The lowest BCUT2D eigenvalue weighted by atomic mass is 9.80. The van der Waals surface area contributed by atoms with Gasteiger partial charge in [-0.15, -0.1) is 11.3 Å². The Morgan fingerprint density at radius 3 is 2.22 bits per heavy atom. The van der Waals surface area contributed by atoms with Gasteiger partial charge in [-0.1, -0.05) is 30.3 Å². The van der Waals surface area contributed by atoms with Crippen molar-refractivity contribution in [3.63, 3.8) is 0 Å². The zero-order valence-corrected chi connectivity index (χ0v) is 25.7. The van der Waals surface area contributed by atoms with Crippen LogP contribution in [0.5, 0.6) is 0 Å². The highest BCUT2D eigenvalue weighted by Crippen LogP contribution is 2.41. The first kappa shape index (κ1) is 30.5. The Morgan fingerprint density at radius 2 is 1.59 bits per heavy atom. The van der Waals surface area contributed by atoms with E-state index in [1.165, 1.54) is 0 Å². The maximum atomic E-state index is 13.7. The number of aromatic nitrogens is 1. The van der Waals surface area contributed by atoms with Crippen LogP contribution in [0, 0.1) is 5.41 Å². The number of hydrogen-bond donors (Lipinski definition) is 2. The largest absolute Gasteiger partial charge is 0.460 e. The number of rotatable bonds is 9. The van der Waals surface area contributed by atoms with E-state index in [0.29, 0.717) is 25.9 Å². The average molecular weight is 580 g/mol. The molecule has 0 spiro atoms. The summed E-state index contributed by atoms with van der Waals surface area (Å²) in [6, 6.07) is 14.2. The van der Waals surface area contributed by atoms with Crippen molar-refractivity contribution in [3.8, 4) is 0 Å². The molecular weight excluding hydrogens is 538 g/mol.